The lowest BCUT2D eigenvalue weighted by molar-refractivity contribution is 0.455. The first-order chi connectivity index (χ1) is 17.4. The zero-order valence-corrected chi connectivity index (χ0v) is 22.5. The molecular formula is C33H36O4. The molecule has 0 heterocycles. The molecule has 0 saturated heterocycles. The maximum absolute atomic E-state index is 11.3. The van der Waals surface area contributed by atoms with E-state index in [1.54, 1.807) is 12.1 Å². The highest BCUT2D eigenvalue weighted by atomic mass is 16.3. The summed E-state index contributed by atoms with van der Waals surface area (Å²) >= 11 is 0. The predicted octanol–water partition coefficient (Wildman–Crippen LogP) is 7.13. The van der Waals surface area contributed by atoms with Gasteiger partial charge in [0.1, 0.15) is 23.0 Å². The van der Waals surface area contributed by atoms with Gasteiger partial charge in [-0.1, -0.05) is 47.5 Å². The number of hydrogen-bond donors (Lipinski definition) is 4. The van der Waals surface area contributed by atoms with E-state index in [1.807, 2.05) is 77.9 Å². The van der Waals surface area contributed by atoms with Crippen molar-refractivity contribution in [3.05, 3.63) is 115 Å². The first kappa shape index (κ1) is 26.2. The lowest BCUT2D eigenvalue weighted by atomic mass is 9.90. The second kappa shape index (κ2) is 10.2. The smallest absolute Gasteiger partial charge is 0.122 e. The molecule has 4 aromatic rings. The number of aryl methyl sites for hydroxylation is 4. The van der Waals surface area contributed by atoms with Crippen LogP contribution in [0.4, 0.5) is 0 Å². The van der Waals surface area contributed by atoms with Crippen LogP contribution in [0.2, 0.25) is 0 Å². The molecule has 4 N–H and O–H groups in total. The summed E-state index contributed by atoms with van der Waals surface area (Å²) in [6.07, 6.45) is 1.39. The highest BCUT2D eigenvalue weighted by Gasteiger charge is 2.17. The molecular weight excluding hydrogens is 460 g/mol. The van der Waals surface area contributed by atoms with Crippen LogP contribution in [0.3, 0.4) is 0 Å². The van der Waals surface area contributed by atoms with Crippen LogP contribution in [-0.2, 0) is 19.3 Å². The van der Waals surface area contributed by atoms with E-state index in [1.165, 1.54) is 0 Å². The Morgan fingerprint density at radius 3 is 0.946 bits per heavy atom. The molecule has 0 bridgehead atoms. The summed E-state index contributed by atoms with van der Waals surface area (Å²) in [5.41, 5.74) is 10.6. The van der Waals surface area contributed by atoms with E-state index in [-0.39, 0.29) is 23.0 Å². The first-order valence-corrected chi connectivity index (χ1v) is 12.6. The number of hydrogen-bond acceptors (Lipinski definition) is 4. The van der Waals surface area contributed by atoms with Gasteiger partial charge < -0.3 is 20.4 Å². The van der Waals surface area contributed by atoms with Crippen molar-refractivity contribution >= 4 is 0 Å². The average molecular weight is 497 g/mol. The molecule has 0 amide bonds. The van der Waals surface area contributed by atoms with Gasteiger partial charge in [0.15, 0.2) is 0 Å². The molecule has 4 rings (SSSR count). The summed E-state index contributed by atoms with van der Waals surface area (Å²) in [6, 6.07) is 15.5. The molecule has 0 aliphatic heterocycles. The van der Waals surface area contributed by atoms with E-state index in [0.717, 1.165) is 66.8 Å². The zero-order valence-electron chi connectivity index (χ0n) is 22.5. The van der Waals surface area contributed by atoms with Crippen LogP contribution in [-0.4, -0.2) is 20.4 Å². The monoisotopic (exact) mass is 496 g/mol. The predicted molar refractivity (Wildman–Crippen MR) is 149 cm³/mol. The summed E-state index contributed by atoms with van der Waals surface area (Å²) in [7, 11) is 0. The fraction of sp³-hybridized carbons (Fsp3) is 0.273. The Labute approximate surface area is 219 Å². The summed E-state index contributed by atoms with van der Waals surface area (Å²) < 4.78 is 0. The largest absolute Gasteiger partial charge is 0.508 e. The highest BCUT2D eigenvalue weighted by Crippen LogP contribution is 2.35. The third-order valence-corrected chi connectivity index (χ3v) is 7.23. The summed E-state index contributed by atoms with van der Waals surface area (Å²) in [5.74, 6) is 0.953. The third-order valence-electron chi connectivity index (χ3n) is 7.23. The molecule has 4 heteroatoms. The van der Waals surface area contributed by atoms with Gasteiger partial charge in [-0.3, -0.25) is 0 Å². The van der Waals surface area contributed by atoms with E-state index >= 15 is 0 Å². The zero-order chi connectivity index (χ0) is 27.0. The van der Waals surface area contributed by atoms with Gasteiger partial charge in [-0.25, -0.2) is 0 Å². The van der Waals surface area contributed by atoms with Crippen LogP contribution < -0.4 is 0 Å². The first-order valence-electron chi connectivity index (χ1n) is 12.6. The van der Waals surface area contributed by atoms with Crippen LogP contribution in [0.1, 0.15) is 66.8 Å². The Balaban J connectivity index is 1.70. The molecule has 0 aromatic heterocycles. The van der Waals surface area contributed by atoms with E-state index in [4.69, 9.17) is 0 Å². The number of aromatic hydroxyl groups is 4. The van der Waals surface area contributed by atoms with Crippen LogP contribution in [0.15, 0.2) is 48.5 Å². The van der Waals surface area contributed by atoms with Gasteiger partial charge in [0.25, 0.3) is 0 Å². The highest BCUT2D eigenvalue weighted by molar-refractivity contribution is 5.54. The standard InChI is InChI=1S/C33H36O4/c1-18-9-26(15-24-7-20(3)13-30(34)22(24)5)32(36)28(11-18)17-29-12-19(2)10-27(33(29)37)16-25-8-21(4)14-31(35)23(25)6/h7-14,34-37H,15-17H2,1-6H3. The molecule has 4 nitrogen and oxygen atoms in total. The van der Waals surface area contributed by atoms with Crippen molar-refractivity contribution in [1.29, 1.82) is 0 Å². The van der Waals surface area contributed by atoms with E-state index in [9.17, 15) is 20.4 Å². The molecule has 0 unspecified atom stereocenters. The third kappa shape index (κ3) is 5.59. The SMILES string of the molecule is Cc1cc(O)c(C)c(Cc2cc(C)cc(Cc3cc(C)cc(Cc4cc(C)cc(O)c4C)c3O)c2O)c1. The number of rotatable bonds is 6. The van der Waals surface area contributed by atoms with Crippen molar-refractivity contribution in [3.8, 4) is 23.0 Å². The summed E-state index contributed by atoms with van der Waals surface area (Å²) in [5, 5.41) is 43.0. The van der Waals surface area contributed by atoms with E-state index < -0.39 is 0 Å². The Bertz CT molecular complexity index is 1380. The van der Waals surface area contributed by atoms with Crippen molar-refractivity contribution in [2.75, 3.05) is 0 Å². The van der Waals surface area contributed by atoms with Crippen LogP contribution >= 0.6 is 0 Å². The quantitative estimate of drug-likeness (QED) is 0.229. The van der Waals surface area contributed by atoms with E-state index in [0.29, 0.717) is 19.3 Å². The maximum atomic E-state index is 11.3. The number of phenols is 4. The van der Waals surface area contributed by atoms with Gasteiger partial charge in [-0.05, 0) is 109 Å². The maximum Gasteiger partial charge on any atom is 0.122 e. The number of phenolic OH excluding ortho intramolecular Hbond substituents is 4. The van der Waals surface area contributed by atoms with Crippen molar-refractivity contribution < 1.29 is 20.4 Å². The van der Waals surface area contributed by atoms with Gasteiger partial charge in [0.2, 0.25) is 0 Å². The Morgan fingerprint density at radius 2 is 0.622 bits per heavy atom. The Morgan fingerprint density at radius 1 is 0.378 bits per heavy atom. The molecule has 0 radical (unpaired) electrons. The molecule has 0 atom stereocenters. The second-order valence-electron chi connectivity index (χ2n) is 10.5. The minimum Gasteiger partial charge on any atom is -0.508 e. The topological polar surface area (TPSA) is 80.9 Å². The van der Waals surface area contributed by atoms with Gasteiger partial charge >= 0.3 is 0 Å². The van der Waals surface area contributed by atoms with Crippen molar-refractivity contribution in [2.45, 2.75) is 60.8 Å². The Kier molecular flexibility index (Phi) is 7.22. The van der Waals surface area contributed by atoms with Crippen LogP contribution in [0, 0.1) is 41.5 Å². The summed E-state index contributed by atoms with van der Waals surface area (Å²) in [6.45, 7) is 11.7. The molecule has 0 spiro atoms. The molecule has 0 saturated carbocycles. The van der Waals surface area contributed by atoms with E-state index in [2.05, 4.69) is 0 Å². The molecule has 37 heavy (non-hydrogen) atoms. The van der Waals surface area contributed by atoms with Gasteiger partial charge in [0, 0.05) is 19.3 Å². The van der Waals surface area contributed by atoms with Crippen LogP contribution in [0.25, 0.3) is 0 Å². The molecule has 4 aromatic carbocycles. The van der Waals surface area contributed by atoms with Gasteiger partial charge in [0.05, 0.1) is 0 Å². The van der Waals surface area contributed by atoms with Crippen molar-refractivity contribution in [1.82, 2.24) is 0 Å². The lowest BCUT2D eigenvalue weighted by Crippen LogP contribution is -2.01. The second-order valence-corrected chi connectivity index (χ2v) is 10.5. The average Bonchev–Trinajstić information content (AvgIpc) is 2.81. The van der Waals surface area contributed by atoms with Gasteiger partial charge in [-0.15, -0.1) is 0 Å². The summed E-state index contributed by atoms with van der Waals surface area (Å²) in [4.78, 5) is 0. The fourth-order valence-corrected chi connectivity index (χ4v) is 5.22. The molecule has 0 fully saturated rings. The normalized spacial score (nSPS) is 11.2. The minimum atomic E-state index is 0.216. The van der Waals surface area contributed by atoms with Crippen LogP contribution in [0.5, 0.6) is 23.0 Å². The molecule has 192 valence electrons. The molecule has 0 aliphatic carbocycles. The minimum absolute atomic E-state index is 0.216. The van der Waals surface area contributed by atoms with Crippen molar-refractivity contribution in [3.63, 3.8) is 0 Å². The van der Waals surface area contributed by atoms with Gasteiger partial charge in [-0.2, -0.15) is 0 Å². The lowest BCUT2D eigenvalue weighted by Gasteiger charge is -2.17. The molecule has 0 aliphatic rings. The number of benzene rings is 4. The Hall–Kier alpha value is -3.92. The van der Waals surface area contributed by atoms with Crippen molar-refractivity contribution in [2.24, 2.45) is 0 Å². The fourth-order valence-electron chi connectivity index (χ4n) is 5.22.